The van der Waals surface area contributed by atoms with Crippen molar-refractivity contribution in [3.8, 4) is 5.75 Å². The summed E-state index contributed by atoms with van der Waals surface area (Å²) in [7, 11) is 0. The highest BCUT2D eigenvalue weighted by atomic mass is 16.3. The molecule has 1 aliphatic rings. The van der Waals surface area contributed by atoms with E-state index in [1.54, 1.807) is 24.3 Å². The first kappa shape index (κ1) is 12.9. The van der Waals surface area contributed by atoms with Crippen LogP contribution in [0.1, 0.15) is 26.2 Å². The number of hydrogen-bond acceptors (Lipinski definition) is 3. The Hall–Kier alpha value is -1.55. The Morgan fingerprint density at radius 1 is 1.39 bits per heavy atom. The van der Waals surface area contributed by atoms with E-state index < -0.39 is 0 Å². The van der Waals surface area contributed by atoms with Gasteiger partial charge in [-0.1, -0.05) is 19.1 Å². The summed E-state index contributed by atoms with van der Waals surface area (Å²) in [4.78, 5) is 12.4. The van der Waals surface area contributed by atoms with Crippen LogP contribution < -0.4 is 10.6 Å². The fraction of sp³-hybridized carbons (Fsp3) is 0.500. The largest absolute Gasteiger partial charge is 0.506 e. The number of hydrogen-bond donors (Lipinski definition) is 3. The number of rotatable bonds is 3. The molecule has 0 saturated carbocycles. The number of benzene rings is 1. The van der Waals surface area contributed by atoms with Crippen LogP contribution in [0.5, 0.6) is 5.75 Å². The second kappa shape index (κ2) is 5.40. The number of amides is 1. The number of phenolic OH excluding ortho intramolecular Hbond substituents is 1. The third-order valence-corrected chi connectivity index (χ3v) is 3.87. The van der Waals surface area contributed by atoms with E-state index in [9.17, 15) is 9.90 Å². The van der Waals surface area contributed by atoms with Crippen LogP contribution in [0.15, 0.2) is 24.3 Å². The van der Waals surface area contributed by atoms with Crippen LogP contribution in [0.2, 0.25) is 0 Å². The second-order valence-electron chi connectivity index (χ2n) is 4.86. The summed E-state index contributed by atoms with van der Waals surface area (Å²) in [6, 6.07) is 6.84. The van der Waals surface area contributed by atoms with Gasteiger partial charge in [-0.2, -0.15) is 0 Å². The molecule has 1 fully saturated rings. The average molecular weight is 248 g/mol. The minimum atomic E-state index is -0.298. The van der Waals surface area contributed by atoms with Crippen LogP contribution >= 0.6 is 0 Å². The summed E-state index contributed by atoms with van der Waals surface area (Å²) >= 11 is 0. The van der Waals surface area contributed by atoms with Crippen LogP contribution in [0.3, 0.4) is 0 Å². The van der Waals surface area contributed by atoms with Crippen molar-refractivity contribution in [1.82, 2.24) is 5.32 Å². The molecule has 1 amide bonds. The van der Waals surface area contributed by atoms with Gasteiger partial charge in [-0.05, 0) is 44.5 Å². The van der Waals surface area contributed by atoms with Crippen molar-refractivity contribution < 1.29 is 9.90 Å². The Bertz CT molecular complexity index is 426. The van der Waals surface area contributed by atoms with E-state index >= 15 is 0 Å². The minimum Gasteiger partial charge on any atom is -0.506 e. The van der Waals surface area contributed by atoms with Crippen LogP contribution in [0.4, 0.5) is 5.69 Å². The molecule has 1 aromatic rings. The second-order valence-corrected chi connectivity index (χ2v) is 4.86. The lowest BCUT2D eigenvalue weighted by atomic mass is 9.76. The van der Waals surface area contributed by atoms with Gasteiger partial charge in [0.15, 0.2) is 0 Å². The molecule has 1 aromatic carbocycles. The number of aromatic hydroxyl groups is 1. The molecule has 0 atom stereocenters. The highest BCUT2D eigenvalue weighted by Crippen LogP contribution is 2.35. The zero-order valence-electron chi connectivity index (χ0n) is 10.7. The molecular formula is C14H20N2O2. The maximum absolute atomic E-state index is 12.4. The van der Waals surface area contributed by atoms with Gasteiger partial charge < -0.3 is 15.7 Å². The van der Waals surface area contributed by atoms with Crippen molar-refractivity contribution >= 4 is 11.6 Å². The predicted octanol–water partition coefficient (Wildman–Crippen LogP) is 2.11. The standard InChI is InChI=1S/C14H20N2O2/c1-2-14(7-9-15-10-8-14)13(18)16-11-5-3-4-6-12(11)17/h3-6,15,17H,2,7-10H2,1H3,(H,16,18). The van der Waals surface area contributed by atoms with Crippen molar-refractivity contribution in [3.05, 3.63) is 24.3 Å². The van der Waals surface area contributed by atoms with E-state index in [2.05, 4.69) is 17.6 Å². The summed E-state index contributed by atoms with van der Waals surface area (Å²) < 4.78 is 0. The fourth-order valence-electron chi connectivity index (χ4n) is 2.48. The van der Waals surface area contributed by atoms with Gasteiger partial charge in [-0.15, -0.1) is 0 Å². The molecule has 0 spiro atoms. The quantitative estimate of drug-likeness (QED) is 0.718. The Kier molecular flexibility index (Phi) is 3.87. The first-order valence-electron chi connectivity index (χ1n) is 6.48. The summed E-state index contributed by atoms with van der Waals surface area (Å²) in [6.45, 7) is 3.81. The number of anilines is 1. The topological polar surface area (TPSA) is 61.4 Å². The molecule has 0 radical (unpaired) electrons. The van der Waals surface area contributed by atoms with Crippen molar-refractivity contribution in [2.24, 2.45) is 5.41 Å². The maximum Gasteiger partial charge on any atom is 0.230 e. The SMILES string of the molecule is CCC1(C(=O)Nc2ccccc2O)CCNCC1. The number of para-hydroxylation sites is 2. The number of carbonyl (C=O) groups is 1. The summed E-state index contributed by atoms with van der Waals surface area (Å²) in [6.07, 6.45) is 2.53. The first-order valence-corrected chi connectivity index (χ1v) is 6.48. The normalized spacial score (nSPS) is 18.3. The van der Waals surface area contributed by atoms with E-state index in [0.29, 0.717) is 5.69 Å². The maximum atomic E-state index is 12.4. The molecule has 4 nitrogen and oxygen atoms in total. The van der Waals surface area contributed by atoms with E-state index in [0.717, 1.165) is 32.4 Å². The highest BCUT2D eigenvalue weighted by Gasteiger charge is 2.37. The van der Waals surface area contributed by atoms with Crippen molar-refractivity contribution in [2.45, 2.75) is 26.2 Å². The van der Waals surface area contributed by atoms with Gasteiger partial charge in [-0.3, -0.25) is 4.79 Å². The van der Waals surface area contributed by atoms with Crippen molar-refractivity contribution in [1.29, 1.82) is 0 Å². The van der Waals surface area contributed by atoms with Crippen LogP contribution in [-0.4, -0.2) is 24.1 Å². The van der Waals surface area contributed by atoms with Gasteiger partial charge in [0.05, 0.1) is 11.1 Å². The van der Waals surface area contributed by atoms with Crippen LogP contribution in [0.25, 0.3) is 0 Å². The van der Waals surface area contributed by atoms with E-state index in [-0.39, 0.29) is 17.1 Å². The molecule has 0 unspecified atom stereocenters. The highest BCUT2D eigenvalue weighted by molar-refractivity contribution is 5.96. The summed E-state index contributed by atoms with van der Waals surface area (Å²) in [5.41, 5.74) is 0.196. The molecule has 1 heterocycles. The Morgan fingerprint density at radius 2 is 2.06 bits per heavy atom. The molecule has 0 bridgehead atoms. The Balaban J connectivity index is 2.13. The predicted molar refractivity (Wildman–Crippen MR) is 71.6 cm³/mol. The molecule has 3 N–H and O–H groups in total. The monoisotopic (exact) mass is 248 g/mol. The lowest BCUT2D eigenvalue weighted by molar-refractivity contribution is -0.127. The summed E-state index contributed by atoms with van der Waals surface area (Å²) in [5.74, 6) is 0.138. The molecule has 0 aromatic heterocycles. The van der Waals surface area contributed by atoms with Crippen molar-refractivity contribution in [2.75, 3.05) is 18.4 Å². The van der Waals surface area contributed by atoms with Gasteiger partial charge in [0.1, 0.15) is 5.75 Å². The Labute approximate surface area is 107 Å². The number of nitrogens with one attached hydrogen (secondary N) is 2. The van der Waals surface area contributed by atoms with Gasteiger partial charge in [0, 0.05) is 0 Å². The molecule has 0 aliphatic carbocycles. The zero-order chi connectivity index (χ0) is 13.0. The smallest absolute Gasteiger partial charge is 0.230 e. The van der Waals surface area contributed by atoms with Gasteiger partial charge >= 0.3 is 0 Å². The summed E-state index contributed by atoms with van der Waals surface area (Å²) in [5, 5.41) is 15.8. The molecule has 4 heteroatoms. The fourth-order valence-corrected chi connectivity index (χ4v) is 2.48. The lowest BCUT2D eigenvalue weighted by Gasteiger charge is -2.35. The number of phenols is 1. The zero-order valence-corrected chi connectivity index (χ0v) is 10.7. The molecule has 2 rings (SSSR count). The van der Waals surface area contributed by atoms with E-state index in [1.807, 2.05) is 0 Å². The van der Waals surface area contributed by atoms with Crippen molar-refractivity contribution in [3.63, 3.8) is 0 Å². The van der Waals surface area contributed by atoms with E-state index in [4.69, 9.17) is 0 Å². The number of carbonyl (C=O) groups excluding carboxylic acids is 1. The Morgan fingerprint density at radius 3 is 2.67 bits per heavy atom. The molecule has 18 heavy (non-hydrogen) atoms. The third kappa shape index (κ3) is 2.48. The van der Waals surface area contributed by atoms with Gasteiger partial charge in [0.25, 0.3) is 0 Å². The van der Waals surface area contributed by atoms with Gasteiger partial charge in [-0.25, -0.2) is 0 Å². The molecule has 1 saturated heterocycles. The van der Waals surface area contributed by atoms with Crippen LogP contribution in [-0.2, 0) is 4.79 Å². The molecular weight excluding hydrogens is 228 g/mol. The van der Waals surface area contributed by atoms with E-state index in [1.165, 1.54) is 0 Å². The third-order valence-electron chi connectivity index (χ3n) is 3.87. The first-order chi connectivity index (χ1) is 8.68. The van der Waals surface area contributed by atoms with Gasteiger partial charge in [0.2, 0.25) is 5.91 Å². The lowest BCUT2D eigenvalue weighted by Crippen LogP contribution is -2.44. The average Bonchev–Trinajstić information content (AvgIpc) is 2.42. The molecule has 98 valence electrons. The number of piperidine rings is 1. The minimum absolute atomic E-state index is 0.0213. The van der Waals surface area contributed by atoms with Crippen LogP contribution in [0, 0.1) is 5.41 Å². The molecule has 1 aliphatic heterocycles.